The summed E-state index contributed by atoms with van der Waals surface area (Å²) in [5.41, 5.74) is 0.813. The highest BCUT2D eigenvalue weighted by atomic mass is 79.9. The van der Waals surface area contributed by atoms with Gasteiger partial charge in [-0.15, -0.1) is 11.3 Å². The highest BCUT2D eigenvalue weighted by Crippen LogP contribution is 2.33. The molecule has 9 heteroatoms. The molecular weight excluding hydrogens is 404 g/mol. The molecule has 124 valence electrons. The molecule has 0 bridgehead atoms. The van der Waals surface area contributed by atoms with Crippen molar-refractivity contribution in [2.45, 2.75) is 18.3 Å². The van der Waals surface area contributed by atoms with Crippen LogP contribution in [0.5, 0.6) is 0 Å². The van der Waals surface area contributed by atoms with Crippen molar-refractivity contribution in [1.29, 1.82) is 0 Å². The van der Waals surface area contributed by atoms with Crippen LogP contribution in [0.3, 0.4) is 0 Å². The molecule has 0 spiro atoms. The number of ether oxygens (including phenoxy) is 1. The molecule has 3 rings (SSSR count). The summed E-state index contributed by atoms with van der Waals surface area (Å²) in [6, 6.07) is 1.96. The Balaban J connectivity index is 1.87. The average molecular weight is 420 g/mol. The van der Waals surface area contributed by atoms with Gasteiger partial charge in [0.25, 0.3) is 0 Å². The molecule has 2 aromatic heterocycles. The number of morpholine rings is 1. The number of alkyl halides is 1. The number of fused-ring (bicyclic) bond motifs is 1. The monoisotopic (exact) mass is 418 g/mol. The lowest BCUT2D eigenvalue weighted by atomic mass is 10.3. The lowest BCUT2D eigenvalue weighted by molar-refractivity contribution is -0.120. The third kappa shape index (κ3) is 3.93. The minimum absolute atomic E-state index is 0.0417. The first kappa shape index (κ1) is 16.9. The van der Waals surface area contributed by atoms with Crippen LogP contribution in [0.15, 0.2) is 6.07 Å². The van der Waals surface area contributed by atoms with Gasteiger partial charge >= 0.3 is 0 Å². The van der Waals surface area contributed by atoms with E-state index in [0.717, 1.165) is 34.0 Å². The minimum atomic E-state index is -0.213. The van der Waals surface area contributed by atoms with Crippen molar-refractivity contribution >= 4 is 60.8 Å². The van der Waals surface area contributed by atoms with Crippen LogP contribution in [0.2, 0.25) is 5.28 Å². The van der Waals surface area contributed by atoms with Gasteiger partial charge in [0.1, 0.15) is 0 Å². The van der Waals surface area contributed by atoms with Crippen LogP contribution in [0.1, 0.15) is 11.8 Å². The third-order valence-electron chi connectivity index (χ3n) is 3.49. The topological polar surface area (TPSA) is 67.4 Å². The quantitative estimate of drug-likeness (QED) is 0.609. The fourth-order valence-electron chi connectivity index (χ4n) is 2.33. The third-order valence-corrected chi connectivity index (χ3v) is 5.19. The average Bonchev–Trinajstić information content (AvgIpc) is 2.95. The molecule has 2 aromatic rings. The molecule has 3 heterocycles. The van der Waals surface area contributed by atoms with Crippen LogP contribution in [0, 0.1) is 0 Å². The SMILES string of the molecule is CC(Br)C(=O)NCc1cc2nc(Cl)nc(N3CCOCC3)c2s1. The normalized spacial score (nSPS) is 16.6. The van der Waals surface area contributed by atoms with Gasteiger partial charge in [0.15, 0.2) is 5.82 Å². The molecule has 1 atom stereocenters. The predicted octanol–water partition coefficient (Wildman–Crippen LogP) is 2.58. The Morgan fingerprint density at radius 2 is 2.26 bits per heavy atom. The fourth-order valence-corrected chi connectivity index (χ4v) is 3.71. The summed E-state index contributed by atoms with van der Waals surface area (Å²) < 4.78 is 6.38. The maximum absolute atomic E-state index is 11.7. The van der Waals surface area contributed by atoms with Crippen molar-refractivity contribution in [3.05, 3.63) is 16.2 Å². The summed E-state index contributed by atoms with van der Waals surface area (Å²) in [4.78, 5) is 23.3. The van der Waals surface area contributed by atoms with Crippen LogP contribution < -0.4 is 10.2 Å². The molecular formula is C14H16BrClN4O2S. The Morgan fingerprint density at radius 1 is 1.52 bits per heavy atom. The van der Waals surface area contributed by atoms with Gasteiger partial charge in [-0.2, -0.15) is 4.98 Å². The molecule has 1 saturated heterocycles. The van der Waals surface area contributed by atoms with Gasteiger partial charge in [0.2, 0.25) is 11.2 Å². The Kier molecular flexibility index (Phi) is 5.35. The summed E-state index contributed by atoms with van der Waals surface area (Å²) in [5.74, 6) is 0.805. The molecule has 1 aliphatic rings. The minimum Gasteiger partial charge on any atom is -0.378 e. The van der Waals surface area contributed by atoms with Gasteiger partial charge in [-0.25, -0.2) is 4.98 Å². The summed E-state index contributed by atoms with van der Waals surface area (Å²) in [6.07, 6.45) is 0. The van der Waals surface area contributed by atoms with E-state index in [-0.39, 0.29) is 16.0 Å². The van der Waals surface area contributed by atoms with Crippen molar-refractivity contribution in [2.24, 2.45) is 0 Å². The molecule has 1 fully saturated rings. The van der Waals surface area contributed by atoms with E-state index in [4.69, 9.17) is 16.3 Å². The van der Waals surface area contributed by atoms with Crippen molar-refractivity contribution in [1.82, 2.24) is 15.3 Å². The molecule has 1 amide bonds. The lowest BCUT2D eigenvalue weighted by Crippen LogP contribution is -2.36. The molecule has 1 unspecified atom stereocenters. The van der Waals surface area contributed by atoms with E-state index in [1.807, 2.05) is 6.07 Å². The number of carbonyl (C=O) groups excluding carboxylic acids is 1. The van der Waals surface area contributed by atoms with Crippen LogP contribution in [-0.2, 0) is 16.1 Å². The van der Waals surface area contributed by atoms with Gasteiger partial charge in [-0.05, 0) is 24.6 Å². The first-order valence-corrected chi connectivity index (χ1v) is 9.36. The van der Waals surface area contributed by atoms with Gasteiger partial charge in [0.05, 0.1) is 34.8 Å². The molecule has 0 radical (unpaired) electrons. The van der Waals surface area contributed by atoms with Gasteiger partial charge in [-0.3, -0.25) is 4.79 Å². The predicted molar refractivity (Wildman–Crippen MR) is 95.7 cm³/mol. The van der Waals surface area contributed by atoms with E-state index < -0.39 is 0 Å². The number of hydrogen-bond acceptors (Lipinski definition) is 6. The molecule has 1 aliphatic heterocycles. The lowest BCUT2D eigenvalue weighted by Gasteiger charge is -2.28. The second-order valence-electron chi connectivity index (χ2n) is 5.18. The van der Waals surface area contributed by atoms with Crippen LogP contribution in [0.4, 0.5) is 5.82 Å². The number of nitrogens with one attached hydrogen (secondary N) is 1. The largest absolute Gasteiger partial charge is 0.378 e. The first-order chi connectivity index (χ1) is 11.0. The van der Waals surface area contributed by atoms with E-state index >= 15 is 0 Å². The van der Waals surface area contributed by atoms with Crippen LogP contribution >= 0.6 is 38.9 Å². The van der Waals surface area contributed by atoms with Crippen molar-refractivity contribution in [2.75, 3.05) is 31.2 Å². The van der Waals surface area contributed by atoms with E-state index in [1.54, 1.807) is 18.3 Å². The second kappa shape index (κ2) is 7.29. The number of amides is 1. The van der Waals surface area contributed by atoms with Gasteiger partial charge in [0, 0.05) is 18.0 Å². The summed E-state index contributed by atoms with van der Waals surface area (Å²) in [5, 5.41) is 3.12. The highest BCUT2D eigenvalue weighted by Gasteiger charge is 2.19. The van der Waals surface area contributed by atoms with E-state index in [2.05, 4.69) is 36.1 Å². The van der Waals surface area contributed by atoms with E-state index in [9.17, 15) is 4.79 Å². The summed E-state index contributed by atoms with van der Waals surface area (Å²) >= 11 is 10.9. The summed E-state index contributed by atoms with van der Waals surface area (Å²) in [7, 11) is 0. The number of anilines is 1. The Hall–Kier alpha value is -0.960. The Morgan fingerprint density at radius 3 is 2.96 bits per heavy atom. The Bertz CT molecular complexity index is 718. The number of aromatic nitrogens is 2. The number of carbonyl (C=O) groups is 1. The van der Waals surface area contributed by atoms with E-state index in [1.165, 1.54) is 0 Å². The van der Waals surface area contributed by atoms with Gasteiger partial charge in [-0.1, -0.05) is 15.9 Å². The highest BCUT2D eigenvalue weighted by molar-refractivity contribution is 9.10. The fraction of sp³-hybridized carbons (Fsp3) is 0.500. The smallest absolute Gasteiger partial charge is 0.233 e. The molecule has 0 aromatic carbocycles. The zero-order valence-corrected chi connectivity index (χ0v) is 15.7. The Labute approximate surface area is 151 Å². The molecule has 6 nitrogen and oxygen atoms in total. The number of nitrogens with zero attached hydrogens (tertiary/aromatic N) is 3. The molecule has 0 saturated carbocycles. The number of halogens is 2. The van der Waals surface area contributed by atoms with Crippen molar-refractivity contribution in [3.63, 3.8) is 0 Å². The van der Waals surface area contributed by atoms with Crippen LogP contribution in [-0.4, -0.2) is 47.0 Å². The maximum Gasteiger partial charge on any atom is 0.233 e. The zero-order chi connectivity index (χ0) is 16.4. The molecule has 0 aliphatic carbocycles. The van der Waals surface area contributed by atoms with Crippen LogP contribution in [0.25, 0.3) is 10.2 Å². The maximum atomic E-state index is 11.7. The standard InChI is InChI=1S/C14H16BrClN4O2S/c1-8(15)13(21)17-7-9-6-10-11(23-9)12(19-14(16)18-10)20-2-4-22-5-3-20/h6,8H,2-5,7H2,1H3,(H,17,21). The van der Waals surface area contributed by atoms with Crippen molar-refractivity contribution in [3.8, 4) is 0 Å². The number of rotatable bonds is 4. The molecule has 1 N–H and O–H groups in total. The number of hydrogen-bond donors (Lipinski definition) is 1. The summed E-state index contributed by atoms with van der Waals surface area (Å²) in [6.45, 7) is 5.19. The number of thiophene rings is 1. The first-order valence-electron chi connectivity index (χ1n) is 7.25. The molecule has 23 heavy (non-hydrogen) atoms. The van der Waals surface area contributed by atoms with Crippen molar-refractivity contribution < 1.29 is 9.53 Å². The van der Waals surface area contributed by atoms with Gasteiger partial charge < -0.3 is 15.0 Å². The van der Waals surface area contributed by atoms with E-state index in [0.29, 0.717) is 19.8 Å². The zero-order valence-electron chi connectivity index (χ0n) is 12.5. The second-order valence-corrected chi connectivity index (χ2v) is 8.02.